The molecule has 1 aliphatic heterocycles. The Morgan fingerprint density at radius 2 is 1.96 bits per heavy atom. The number of hydrogen-bond donors (Lipinski definition) is 1. The molecule has 7 heteroatoms. The summed E-state index contributed by atoms with van der Waals surface area (Å²) in [5, 5.41) is 2.86. The molecule has 1 amide bonds. The van der Waals surface area contributed by atoms with Crippen molar-refractivity contribution in [1.82, 2.24) is 5.32 Å². The number of rotatable bonds is 5. The summed E-state index contributed by atoms with van der Waals surface area (Å²) in [6.45, 7) is 2.06. The molecule has 2 aromatic rings. The van der Waals surface area contributed by atoms with Gasteiger partial charge in [0, 0.05) is 4.90 Å². The van der Waals surface area contributed by atoms with Crippen molar-refractivity contribution >= 4 is 17.7 Å². The first-order valence-corrected chi connectivity index (χ1v) is 8.28. The minimum absolute atomic E-state index is 0.111. The van der Waals surface area contributed by atoms with Gasteiger partial charge in [-0.05, 0) is 42.8 Å². The third kappa shape index (κ3) is 3.79. The lowest BCUT2D eigenvalue weighted by Gasteiger charge is -2.14. The Bertz CT molecular complexity index is 769. The Morgan fingerprint density at radius 3 is 2.75 bits per heavy atom. The van der Waals surface area contributed by atoms with Crippen molar-refractivity contribution in [2.45, 2.75) is 17.9 Å². The number of fused-ring (bicyclic) bond motifs is 1. The van der Waals surface area contributed by atoms with Crippen molar-refractivity contribution < 1.29 is 23.0 Å². The number of amides is 1. The summed E-state index contributed by atoms with van der Waals surface area (Å²) in [6, 6.07) is 8.85. The predicted molar refractivity (Wildman–Crippen MR) is 86.2 cm³/mol. The van der Waals surface area contributed by atoms with Crippen LogP contribution in [0.3, 0.4) is 0 Å². The summed E-state index contributed by atoms with van der Waals surface area (Å²) < 4.78 is 36.6. The van der Waals surface area contributed by atoms with Gasteiger partial charge in [0.2, 0.25) is 12.7 Å². The highest BCUT2D eigenvalue weighted by Crippen LogP contribution is 2.34. The highest BCUT2D eigenvalue weighted by Gasteiger charge is 2.17. The van der Waals surface area contributed by atoms with Gasteiger partial charge in [0.1, 0.15) is 0 Å². The smallest absolute Gasteiger partial charge is 0.231 e. The van der Waals surface area contributed by atoms with E-state index in [9.17, 15) is 13.6 Å². The lowest BCUT2D eigenvalue weighted by Crippen LogP contribution is -2.28. The number of carbonyl (C=O) groups is 1. The maximum Gasteiger partial charge on any atom is 0.231 e. The van der Waals surface area contributed by atoms with Crippen LogP contribution in [-0.2, 0) is 4.79 Å². The minimum atomic E-state index is -0.922. The summed E-state index contributed by atoms with van der Waals surface area (Å²) in [5.41, 5.74) is 0.894. The third-order valence-corrected chi connectivity index (χ3v) is 4.53. The third-order valence-electron chi connectivity index (χ3n) is 3.54. The molecule has 4 nitrogen and oxygen atoms in total. The van der Waals surface area contributed by atoms with E-state index in [4.69, 9.17) is 9.47 Å². The van der Waals surface area contributed by atoms with Crippen LogP contribution in [0.2, 0.25) is 0 Å². The van der Waals surface area contributed by atoms with E-state index < -0.39 is 11.6 Å². The molecule has 0 fully saturated rings. The van der Waals surface area contributed by atoms with Gasteiger partial charge in [-0.25, -0.2) is 8.78 Å². The Balaban J connectivity index is 1.55. The molecule has 1 N–H and O–H groups in total. The first kappa shape index (κ1) is 16.6. The SMILES string of the molecule is C[C@H](NC(=O)CSc1ccc(F)c(F)c1)c1ccc2c(c1)OCO2. The predicted octanol–water partition coefficient (Wildman–Crippen LogP) is 3.66. The fourth-order valence-corrected chi connectivity index (χ4v) is 3.00. The Labute approximate surface area is 142 Å². The molecule has 0 saturated heterocycles. The normalized spacial score (nSPS) is 13.6. The zero-order valence-electron chi connectivity index (χ0n) is 12.8. The first-order chi connectivity index (χ1) is 11.5. The second kappa shape index (κ2) is 7.09. The lowest BCUT2D eigenvalue weighted by atomic mass is 10.1. The zero-order chi connectivity index (χ0) is 17.1. The van der Waals surface area contributed by atoms with Crippen LogP contribution in [0.15, 0.2) is 41.3 Å². The van der Waals surface area contributed by atoms with E-state index in [2.05, 4.69) is 5.32 Å². The Kier molecular flexibility index (Phi) is 4.89. The standard InChI is InChI=1S/C17H15F2NO3S/c1-10(11-2-5-15-16(6-11)23-9-22-15)20-17(21)8-24-12-3-4-13(18)14(19)7-12/h2-7,10H,8-9H2,1H3,(H,20,21)/t10-/m0/s1. The fourth-order valence-electron chi connectivity index (χ4n) is 2.26. The summed E-state index contributed by atoms with van der Waals surface area (Å²) in [6.07, 6.45) is 0. The number of nitrogens with one attached hydrogen (secondary N) is 1. The average Bonchev–Trinajstić information content (AvgIpc) is 3.03. The van der Waals surface area contributed by atoms with Gasteiger partial charge >= 0.3 is 0 Å². The van der Waals surface area contributed by atoms with E-state index >= 15 is 0 Å². The molecule has 3 rings (SSSR count). The highest BCUT2D eigenvalue weighted by atomic mass is 32.2. The minimum Gasteiger partial charge on any atom is -0.454 e. The first-order valence-electron chi connectivity index (χ1n) is 7.29. The van der Waals surface area contributed by atoms with Crippen molar-refractivity contribution in [3.05, 3.63) is 53.6 Å². The molecule has 0 aliphatic carbocycles. The number of thioether (sulfide) groups is 1. The van der Waals surface area contributed by atoms with Crippen LogP contribution in [0.1, 0.15) is 18.5 Å². The van der Waals surface area contributed by atoms with Gasteiger partial charge in [-0.15, -0.1) is 11.8 Å². The summed E-state index contributed by atoms with van der Waals surface area (Å²) in [7, 11) is 0. The van der Waals surface area contributed by atoms with E-state index in [1.807, 2.05) is 19.1 Å². The van der Waals surface area contributed by atoms with Gasteiger partial charge in [-0.1, -0.05) is 6.07 Å². The molecule has 0 spiro atoms. The topological polar surface area (TPSA) is 47.6 Å². The molecule has 0 aromatic heterocycles. The maximum absolute atomic E-state index is 13.1. The maximum atomic E-state index is 13.1. The molecule has 1 heterocycles. The molecule has 0 bridgehead atoms. The number of halogens is 2. The quantitative estimate of drug-likeness (QED) is 0.835. The van der Waals surface area contributed by atoms with E-state index in [-0.39, 0.29) is 24.5 Å². The van der Waals surface area contributed by atoms with Crippen LogP contribution in [0.25, 0.3) is 0 Å². The molecule has 1 atom stereocenters. The van der Waals surface area contributed by atoms with E-state index in [1.165, 1.54) is 6.07 Å². The van der Waals surface area contributed by atoms with Gasteiger partial charge in [-0.3, -0.25) is 4.79 Å². The molecule has 2 aromatic carbocycles. The summed E-state index contributed by atoms with van der Waals surface area (Å²) in [4.78, 5) is 12.5. The van der Waals surface area contributed by atoms with Gasteiger partial charge in [0.05, 0.1) is 11.8 Å². The van der Waals surface area contributed by atoms with E-state index in [0.717, 1.165) is 29.5 Å². The van der Waals surface area contributed by atoms with Gasteiger partial charge in [-0.2, -0.15) is 0 Å². The molecule has 1 aliphatic rings. The van der Waals surface area contributed by atoms with Crippen LogP contribution in [0, 0.1) is 11.6 Å². The molecule has 0 radical (unpaired) electrons. The van der Waals surface area contributed by atoms with Crippen molar-refractivity contribution in [1.29, 1.82) is 0 Å². The second-order valence-electron chi connectivity index (χ2n) is 5.27. The van der Waals surface area contributed by atoms with Crippen LogP contribution in [0.4, 0.5) is 8.78 Å². The van der Waals surface area contributed by atoms with E-state index in [1.54, 1.807) is 6.07 Å². The van der Waals surface area contributed by atoms with Crippen LogP contribution >= 0.6 is 11.8 Å². The van der Waals surface area contributed by atoms with Crippen LogP contribution in [0.5, 0.6) is 11.5 Å². The average molecular weight is 351 g/mol. The number of hydrogen-bond acceptors (Lipinski definition) is 4. The summed E-state index contributed by atoms with van der Waals surface area (Å²) in [5.74, 6) is -0.569. The largest absolute Gasteiger partial charge is 0.454 e. The van der Waals surface area contributed by atoms with Gasteiger partial charge in [0.25, 0.3) is 0 Å². The van der Waals surface area contributed by atoms with Gasteiger partial charge < -0.3 is 14.8 Å². The van der Waals surface area contributed by atoms with Crippen LogP contribution in [-0.4, -0.2) is 18.5 Å². The van der Waals surface area contributed by atoms with E-state index in [0.29, 0.717) is 16.4 Å². The lowest BCUT2D eigenvalue weighted by molar-refractivity contribution is -0.119. The summed E-state index contributed by atoms with van der Waals surface area (Å²) >= 11 is 1.15. The van der Waals surface area contributed by atoms with Crippen LogP contribution < -0.4 is 14.8 Å². The molecular formula is C17H15F2NO3S. The van der Waals surface area contributed by atoms with Crippen molar-refractivity contribution in [3.63, 3.8) is 0 Å². The van der Waals surface area contributed by atoms with Crippen molar-refractivity contribution in [2.75, 3.05) is 12.5 Å². The monoisotopic (exact) mass is 351 g/mol. The molecule has 0 unspecified atom stereocenters. The van der Waals surface area contributed by atoms with Crippen molar-refractivity contribution in [3.8, 4) is 11.5 Å². The molecular weight excluding hydrogens is 336 g/mol. The fraction of sp³-hybridized carbons (Fsp3) is 0.235. The number of benzene rings is 2. The zero-order valence-corrected chi connectivity index (χ0v) is 13.7. The Hall–Kier alpha value is -2.28. The molecule has 126 valence electrons. The van der Waals surface area contributed by atoms with Gasteiger partial charge in [0.15, 0.2) is 23.1 Å². The number of carbonyl (C=O) groups excluding carboxylic acids is 1. The second-order valence-corrected chi connectivity index (χ2v) is 6.32. The van der Waals surface area contributed by atoms with Crippen molar-refractivity contribution in [2.24, 2.45) is 0 Å². The highest BCUT2D eigenvalue weighted by molar-refractivity contribution is 8.00. The Morgan fingerprint density at radius 1 is 1.17 bits per heavy atom. The molecule has 0 saturated carbocycles. The molecule has 24 heavy (non-hydrogen) atoms. The number of ether oxygens (including phenoxy) is 2.